The number of aromatic nitrogens is 3. The van der Waals surface area contributed by atoms with Crippen LogP contribution in [0, 0.1) is 0 Å². The van der Waals surface area contributed by atoms with E-state index in [2.05, 4.69) is 10.2 Å². The summed E-state index contributed by atoms with van der Waals surface area (Å²) in [6.07, 6.45) is 0. The Morgan fingerprint density at radius 1 is 1.25 bits per heavy atom. The molecule has 0 bridgehead atoms. The van der Waals surface area contributed by atoms with Gasteiger partial charge in [-0.25, -0.2) is 0 Å². The Hall–Kier alpha value is -2.06. The molecule has 128 valence electrons. The molecular weight excluding hydrogens is 328 g/mol. The number of ether oxygens (including phenoxy) is 2. The first-order valence-corrected chi connectivity index (χ1v) is 8.77. The van der Waals surface area contributed by atoms with Crippen LogP contribution in [0.2, 0.25) is 0 Å². The van der Waals surface area contributed by atoms with E-state index in [4.69, 9.17) is 9.47 Å². The summed E-state index contributed by atoms with van der Waals surface area (Å²) in [5.74, 6) is 1.97. The van der Waals surface area contributed by atoms with Crippen molar-refractivity contribution in [1.29, 1.82) is 0 Å². The Morgan fingerprint density at radius 2 is 2.00 bits per heavy atom. The van der Waals surface area contributed by atoms with Crippen molar-refractivity contribution < 1.29 is 14.3 Å². The number of para-hydroxylation sites is 1. The van der Waals surface area contributed by atoms with Crippen molar-refractivity contribution in [3.63, 3.8) is 0 Å². The van der Waals surface area contributed by atoms with Crippen LogP contribution in [0.4, 0.5) is 0 Å². The molecule has 1 saturated heterocycles. The molecule has 0 saturated carbocycles. The average molecular weight is 348 g/mol. The lowest BCUT2D eigenvalue weighted by atomic mass is 10.3. The largest absolute Gasteiger partial charge is 0.486 e. The van der Waals surface area contributed by atoms with Gasteiger partial charge in [-0.2, -0.15) is 0 Å². The molecular formula is C16H20N4O3S. The highest BCUT2D eigenvalue weighted by Gasteiger charge is 2.18. The number of benzene rings is 1. The summed E-state index contributed by atoms with van der Waals surface area (Å²) >= 11 is 1.39. The van der Waals surface area contributed by atoms with Gasteiger partial charge in [0.1, 0.15) is 12.4 Å². The zero-order valence-corrected chi connectivity index (χ0v) is 14.4. The van der Waals surface area contributed by atoms with E-state index in [-0.39, 0.29) is 5.91 Å². The third-order valence-corrected chi connectivity index (χ3v) is 4.73. The fraction of sp³-hybridized carbons (Fsp3) is 0.438. The highest BCUT2D eigenvalue weighted by Crippen LogP contribution is 2.18. The number of amides is 1. The van der Waals surface area contributed by atoms with Crippen molar-refractivity contribution in [2.24, 2.45) is 7.05 Å². The highest BCUT2D eigenvalue weighted by atomic mass is 32.2. The lowest BCUT2D eigenvalue weighted by Crippen LogP contribution is -2.41. The van der Waals surface area contributed by atoms with Crippen LogP contribution < -0.4 is 4.74 Å². The van der Waals surface area contributed by atoms with E-state index in [0.29, 0.717) is 43.8 Å². The van der Waals surface area contributed by atoms with Crippen molar-refractivity contribution in [1.82, 2.24) is 19.7 Å². The smallest absolute Gasteiger partial charge is 0.233 e. The van der Waals surface area contributed by atoms with Gasteiger partial charge in [0.05, 0.1) is 19.0 Å². The molecule has 0 aliphatic carbocycles. The van der Waals surface area contributed by atoms with Crippen LogP contribution in [0.15, 0.2) is 35.5 Å². The van der Waals surface area contributed by atoms with Crippen molar-refractivity contribution in [2.45, 2.75) is 11.8 Å². The summed E-state index contributed by atoms with van der Waals surface area (Å²) < 4.78 is 12.8. The molecule has 1 fully saturated rings. The average Bonchev–Trinajstić information content (AvgIpc) is 2.99. The molecule has 1 aromatic carbocycles. The maximum atomic E-state index is 12.2. The van der Waals surface area contributed by atoms with Crippen molar-refractivity contribution >= 4 is 17.7 Å². The van der Waals surface area contributed by atoms with E-state index in [1.807, 2.05) is 46.8 Å². The van der Waals surface area contributed by atoms with Gasteiger partial charge in [-0.1, -0.05) is 30.0 Å². The normalized spacial score (nSPS) is 14.6. The summed E-state index contributed by atoms with van der Waals surface area (Å²) in [6, 6.07) is 9.57. The van der Waals surface area contributed by atoms with Crippen molar-refractivity contribution in [3.05, 3.63) is 36.2 Å². The summed E-state index contributed by atoms with van der Waals surface area (Å²) in [6.45, 7) is 2.89. The molecule has 2 aromatic rings. The minimum atomic E-state index is 0.105. The number of thioether (sulfide) groups is 1. The number of hydrogen-bond donors (Lipinski definition) is 0. The quantitative estimate of drug-likeness (QED) is 0.734. The van der Waals surface area contributed by atoms with E-state index in [1.165, 1.54) is 11.8 Å². The lowest BCUT2D eigenvalue weighted by molar-refractivity contribution is -0.132. The molecule has 7 nitrogen and oxygen atoms in total. The van der Waals surface area contributed by atoms with Gasteiger partial charge in [0.15, 0.2) is 11.0 Å². The first-order chi connectivity index (χ1) is 11.7. The number of carbonyl (C=O) groups excluding carboxylic acids is 1. The molecule has 0 N–H and O–H groups in total. The second kappa shape index (κ2) is 8.16. The minimum Gasteiger partial charge on any atom is -0.486 e. The van der Waals surface area contributed by atoms with Gasteiger partial charge in [-0.05, 0) is 12.1 Å². The zero-order chi connectivity index (χ0) is 16.8. The van der Waals surface area contributed by atoms with Crippen LogP contribution >= 0.6 is 11.8 Å². The molecule has 1 aromatic heterocycles. The van der Waals surface area contributed by atoms with Crippen LogP contribution in [-0.2, 0) is 23.2 Å². The first kappa shape index (κ1) is 16.8. The molecule has 1 aliphatic rings. The molecule has 0 atom stereocenters. The standard InChI is InChI=1S/C16H20N4O3S/c1-19-14(11-23-13-5-3-2-4-6-13)17-18-16(19)24-12-15(21)20-7-9-22-10-8-20/h2-6H,7-12H2,1H3. The second-order valence-corrected chi connectivity index (χ2v) is 6.28. The van der Waals surface area contributed by atoms with Gasteiger partial charge in [0.25, 0.3) is 0 Å². The summed E-state index contributed by atoms with van der Waals surface area (Å²) in [5, 5.41) is 9.00. The fourth-order valence-electron chi connectivity index (χ4n) is 2.29. The molecule has 0 unspecified atom stereocenters. The van der Waals surface area contributed by atoms with Gasteiger partial charge < -0.3 is 18.9 Å². The van der Waals surface area contributed by atoms with Crippen LogP contribution in [0.1, 0.15) is 5.82 Å². The number of carbonyl (C=O) groups is 1. The topological polar surface area (TPSA) is 69.5 Å². The Kier molecular flexibility index (Phi) is 5.71. The summed E-state index contributed by atoms with van der Waals surface area (Å²) in [5.41, 5.74) is 0. The highest BCUT2D eigenvalue weighted by molar-refractivity contribution is 7.99. The van der Waals surface area contributed by atoms with Crippen LogP contribution in [0.25, 0.3) is 0 Å². The zero-order valence-electron chi connectivity index (χ0n) is 13.6. The van der Waals surface area contributed by atoms with Gasteiger partial charge in [-0.15, -0.1) is 10.2 Å². The van der Waals surface area contributed by atoms with Crippen LogP contribution in [0.5, 0.6) is 5.75 Å². The Morgan fingerprint density at radius 3 is 2.75 bits per heavy atom. The SMILES string of the molecule is Cn1c(COc2ccccc2)nnc1SCC(=O)N1CCOCC1. The number of hydrogen-bond acceptors (Lipinski definition) is 6. The third-order valence-electron chi connectivity index (χ3n) is 3.72. The maximum Gasteiger partial charge on any atom is 0.233 e. The Bertz CT molecular complexity index is 671. The number of rotatable bonds is 6. The van der Waals surface area contributed by atoms with Gasteiger partial charge in [0, 0.05) is 20.1 Å². The van der Waals surface area contributed by atoms with Crippen LogP contribution in [-0.4, -0.2) is 57.6 Å². The minimum absolute atomic E-state index is 0.105. The number of nitrogens with zero attached hydrogens (tertiary/aromatic N) is 4. The predicted molar refractivity (Wildman–Crippen MR) is 89.9 cm³/mol. The van der Waals surface area contributed by atoms with Crippen LogP contribution in [0.3, 0.4) is 0 Å². The predicted octanol–water partition coefficient (Wildman–Crippen LogP) is 1.34. The lowest BCUT2D eigenvalue weighted by Gasteiger charge is -2.26. The fourth-order valence-corrected chi connectivity index (χ4v) is 3.12. The molecule has 1 amide bonds. The Balaban J connectivity index is 1.51. The van der Waals surface area contributed by atoms with E-state index >= 15 is 0 Å². The monoisotopic (exact) mass is 348 g/mol. The molecule has 8 heteroatoms. The molecule has 1 aliphatic heterocycles. The van der Waals surface area contributed by atoms with E-state index < -0.39 is 0 Å². The molecule has 3 rings (SSSR count). The molecule has 0 spiro atoms. The third kappa shape index (κ3) is 4.27. The number of morpholine rings is 1. The maximum absolute atomic E-state index is 12.2. The second-order valence-electron chi connectivity index (χ2n) is 5.34. The van der Waals surface area contributed by atoms with E-state index in [1.54, 1.807) is 0 Å². The van der Waals surface area contributed by atoms with Crippen molar-refractivity contribution in [3.8, 4) is 5.75 Å². The van der Waals surface area contributed by atoms with Gasteiger partial charge in [0.2, 0.25) is 5.91 Å². The Labute approximate surface area is 145 Å². The summed E-state index contributed by atoms with van der Waals surface area (Å²) in [7, 11) is 1.88. The van der Waals surface area contributed by atoms with E-state index in [9.17, 15) is 4.79 Å². The molecule has 2 heterocycles. The van der Waals surface area contributed by atoms with E-state index in [0.717, 1.165) is 11.6 Å². The molecule has 0 radical (unpaired) electrons. The van der Waals surface area contributed by atoms with Gasteiger partial charge >= 0.3 is 0 Å². The molecule has 24 heavy (non-hydrogen) atoms. The first-order valence-electron chi connectivity index (χ1n) is 7.78. The van der Waals surface area contributed by atoms with Gasteiger partial charge in [-0.3, -0.25) is 4.79 Å². The van der Waals surface area contributed by atoms with Crippen molar-refractivity contribution in [2.75, 3.05) is 32.1 Å². The summed E-state index contributed by atoms with van der Waals surface area (Å²) in [4.78, 5) is 14.0.